The van der Waals surface area contributed by atoms with Crippen LogP contribution in [-0.4, -0.2) is 15.9 Å². The minimum absolute atomic E-state index is 0.131. The molecule has 0 unspecified atom stereocenters. The van der Waals surface area contributed by atoms with Gasteiger partial charge in [-0.1, -0.05) is 0 Å². The number of amides is 1. The Morgan fingerprint density at radius 3 is 2.09 bits per heavy atom. The lowest BCUT2D eigenvalue weighted by Crippen LogP contribution is -2.16. The number of rotatable bonds is 1. The zero-order valence-corrected chi connectivity index (χ0v) is 5.61. The second kappa shape index (κ2) is 2.41. The predicted molar refractivity (Wildman–Crippen MR) is 39.4 cm³/mol. The Hall–Kier alpha value is -1.85. The van der Waals surface area contributed by atoms with E-state index >= 15 is 0 Å². The second-order valence-electron chi connectivity index (χ2n) is 1.91. The molecule has 6 heteroatoms. The van der Waals surface area contributed by atoms with Crippen molar-refractivity contribution in [3.05, 3.63) is 11.9 Å². The molecule has 0 saturated carbocycles. The van der Waals surface area contributed by atoms with Crippen LogP contribution in [0.1, 0.15) is 10.6 Å². The standard InChI is InChI=1S/C5H7N5O/c6-2-1-3(7)10-5(9-2)4(8)11/h1H,(H2,8,11)(H4,6,7,9,10). The van der Waals surface area contributed by atoms with Crippen molar-refractivity contribution in [1.82, 2.24) is 9.97 Å². The van der Waals surface area contributed by atoms with Crippen LogP contribution in [0.2, 0.25) is 0 Å². The first kappa shape index (κ1) is 7.26. The summed E-state index contributed by atoms with van der Waals surface area (Å²) < 4.78 is 0. The van der Waals surface area contributed by atoms with Gasteiger partial charge in [0.25, 0.3) is 5.91 Å². The first-order chi connectivity index (χ1) is 5.09. The average Bonchev–Trinajstić information content (AvgIpc) is 1.85. The molecule has 0 spiro atoms. The summed E-state index contributed by atoms with van der Waals surface area (Å²) in [5, 5.41) is 0. The van der Waals surface area contributed by atoms with Gasteiger partial charge in [-0.2, -0.15) is 0 Å². The minimum Gasteiger partial charge on any atom is -0.384 e. The van der Waals surface area contributed by atoms with E-state index in [2.05, 4.69) is 9.97 Å². The largest absolute Gasteiger partial charge is 0.384 e. The number of carbonyl (C=O) groups excluding carboxylic acids is 1. The summed E-state index contributed by atoms with van der Waals surface area (Å²) >= 11 is 0. The van der Waals surface area contributed by atoms with E-state index in [1.807, 2.05) is 0 Å². The molecule has 0 radical (unpaired) electrons. The van der Waals surface area contributed by atoms with Crippen molar-refractivity contribution < 1.29 is 4.79 Å². The maximum absolute atomic E-state index is 10.5. The van der Waals surface area contributed by atoms with E-state index in [0.717, 1.165) is 0 Å². The molecule has 0 aliphatic heterocycles. The van der Waals surface area contributed by atoms with Gasteiger partial charge in [-0.3, -0.25) is 4.79 Å². The van der Waals surface area contributed by atoms with Crippen molar-refractivity contribution in [2.24, 2.45) is 5.73 Å². The van der Waals surface area contributed by atoms with Crippen molar-refractivity contribution in [2.45, 2.75) is 0 Å². The van der Waals surface area contributed by atoms with Gasteiger partial charge >= 0.3 is 0 Å². The van der Waals surface area contributed by atoms with E-state index < -0.39 is 5.91 Å². The monoisotopic (exact) mass is 153 g/mol. The third kappa shape index (κ3) is 1.54. The molecule has 6 nitrogen and oxygen atoms in total. The molecule has 0 aromatic carbocycles. The van der Waals surface area contributed by atoms with Gasteiger partial charge in [0.1, 0.15) is 11.6 Å². The lowest BCUT2D eigenvalue weighted by Gasteiger charge is -1.97. The van der Waals surface area contributed by atoms with Crippen molar-refractivity contribution in [2.75, 3.05) is 11.5 Å². The minimum atomic E-state index is -0.746. The molecule has 0 aliphatic carbocycles. The summed E-state index contributed by atoms with van der Waals surface area (Å²) in [5.41, 5.74) is 15.4. The molecule has 11 heavy (non-hydrogen) atoms. The van der Waals surface area contributed by atoms with Crippen LogP contribution < -0.4 is 17.2 Å². The maximum Gasteiger partial charge on any atom is 0.286 e. The molecule has 1 rings (SSSR count). The van der Waals surface area contributed by atoms with Gasteiger partial charge in [-0.05, 0) is 0 Å². The Bertz CT molecular complexity index is 277. The second-order valence-corrected chi connectivity index (χ2v) is 1.91. The molecule has 0 saturated heterocycles. The molecule has 1 amide bonds. The normalized spacial score (nSPS) is 9.45. The molecule has 6 N–H and O–H groups in total. The molecule has 1 heterocycles. The van der Waals surface area contributed by atoms with Gasteiger partial charge < -0.3 is 17.2 Å². The van der Waals surface area contributed by atoms with Crippen LogP contribution in [0.15, 0.2) is 6.07 Å². The number of hydrogen-bond donors (Lipinski definition) is 3. The number of nitrogen functional groups attached to an aromatic ring is 2. The fourth-order valence-corrected chi connectivity index (χ4v) is 0.596. The number of carbonyl (C=O) groups is 1. The fourth-order valence-electron chi connectivity index (χ4n) is 0.596. The van der Waals surface area contributed by atoms with Gasteiger partial charge in [0.05, 0.1) is 0 Å². The predicted octanol–water partition coefficient (Wildman–Crippen LogP) is -1.26. The van der Waals surface area contributed by atoms with Crippen molar-refractivity contribution >= 4 is 17.5 Å². The van der Waals surface area contributed by atoms with E-state index in [9.17, 15) is 4.79 Å². The third-order valence-electron chi connectivity index (χ3n) is 0.986. The highest BCUT2D eigenvalue weighted by molar-refractivity contribution is 5.89. The Morgan fingerprint density at radius 1 is 1.27 bits per heavy atom. The van der Waals surface area contributed by atoms with Gasteiger partial charge in [-0.25, -0.2) is 9.97 Å². The Balaban J connectivity index is 3.19. The summed E-state index contributed by atoms with van der Waals surface area (Å²) in [5.74, 6) is -0.649. The van der Waals surface area contributed by atoms with Gasteiger partial charge in [-0.15, -0.1) is 0 Å². The molecule has 1 aromatic heterocycles. The van der Waals surface area contributed by atoms with Gasteiger partial charge in [0.2, 0.25) is 5.82 Å². The van der Waals surface area contributed by atoms with Crippen LogP contribution in [0.5, 0.6) is 0 Å². The highest BCUT2D eigenvalue weighted by Crippen LogP contribution is 2.02. The zero-order chi connectivity index (χ0) is 8.43. The van der Waals surface area contributed by atoms with Gasteiger partial charge in [0.15, 0.2) is 0 Å². The van der Waals surface area contributed by atoms with Crippen LogP contribution in [-0.2, 0) is 0 Å². The van der Waals surface area contributed by atoms with E-state index in [1.54, 1.807) is 0 Å². The van der Waals surface area contributed by atoms with Crippen molar-refractivity contribution in [1.29, 1.82) is 0 Å². The maximum atomic E-state index is 10.5. The quantitative estimate of drug-likeness (QED) is 0.465. The number of primary amides is 1. The fraction of sp³-hybridized carbons (Fsp3) is 0. The van der Waals surface area contributed by atoms with Crippen LogP contribution in [0, 0.1) is 0 Å². The highest BCUT2D eigenvalue weighted by Gasteiger charge is 2.04. The van der Waals surface area contributed by atoms with Crippen molar-refractivity contribution in [3.63, 3.8) is 0 Å². The molecule has 1 aromatic rings. The lowest BCUT2D eigenvalue weighted by molar-refractivity contribution is 0.0990. The third-order valence-corrected chi connectivity index (χ3v) is 0.986. The van der Waals surface area contributed by atoms with Crippen LogP contribution in [0.4, 0.5) is 11.6 Å². The first-order valence-corrected chi connectivity index (χ1v) is 2.79. The first-order valence-electron chi connectivity index (χ1n) is 2.79. The average molecular weight is 153 g/mol. The van der Waals surface area contributed by atoms with Crippen LogP contribution in [0.3, 0.4) is 0 Å². The summed E-state index contributed by atoms with van der Waals surface area (Å²) in [4.78, 5) is 17.6. The Kier molecular flexibility index (Phi) is 1.59. The van der Waals surface area contributed by atoms with Crippen LogP contribution >= 0.6 is 0 Å². The number of nitrogens with zero attached hydrogens (tertiary/aromatic N) is 2. The topological polar surface area (TPSA) is 121 Å². The van der Waals surface area contributed by atoms with E-state index in [-0.39, 0.29) is 17.5 Å². The van der Waals surface area contributed by atoms with E-state index in [4.69, 9.17) is 17.2 Å². The van der Waals surface area contributed by atoms with E-state index in [0.29, 0.717) is 0 Å². The SMILES string of the molecule is NC(=O)c1nc(N)cc(N)n1. The summed E-state index contributed by atoms with van der Waals surface area (Å²) in [6, 6.07) is 1.34. The number of aromatic nitrogens is 2. The highest BCUT2D eigenvalue weighted by atomic mass is 16.1. The smallest absolute Gasteiger partial charge is 0.286 e. The summed E-state index contributed by atoms with van der Waals surface area (Å²) in [7, 11) is 0. The molecule has 0 bridgehead atoms. The molecule has 0 aliphatic rings. The van der Waals surface area contributed by atoms with E-state index in [1.165, 1.54) is 6.07 Å². The molecular weight excluding hydrogens is 146 g/mol. The van der Waals surface area contributed by atoms with Gasteiger partial charge in [0, 0.05) is 6.07 Å². The molecule has 0 fully saturated rings. The summed E-state index contributed by atoms with van der Waals surface area (Å²) in [6.07, 6.45) is 0. The number of nitrogens with two attached hydrogens (primary N) is 3. The summed E-state index contributed by atoms with van der Waals surface area (Å²) in [6.45, 7) is 0. The number of hydrogen-bond acceptors (Lipinski definition) is 5. The number of anilines is 2. The van der Waals surface area contributed by atoms with Crippen LogP contribution in [0.25, 0.3) is 0 Å². The molecule has 0 atom stereocenters. The van der Waals surface area contributed by atoms with Crippen molar-refractivity contribution in [3.8, 4) is 0 Å². The lowest BCUT2D eigenvalue weighted by atomic mass is 10.5. The Labute approximate surface area is 62.4 Å². The zero-order valence-electron chi connectivity index (χ0n) is 5.61. The molecule has 58 valence electrons. The Morgan fingerprint density at radius 2 is 1.73 bits per heavy atom. The molecular formula is C5H7N5O.